The maximum atomic E-state index is 12.1. The Kier molecular flexibility index (Phi) is 2.28. The number of fused-ring (bicyclic) bond motifs is 1. The van der Waals surface area contributed by atoms with Crippen LogP contribution in [0.4, 0.5) is 0 Å². The van der Waals surface area contributed by atoms with E-state index in [1.807, 2.05) is 18.2 Å². The van der Waals surface area contributed by atoms with Crippen molar-refractivity contribution in [3.05, 3.63) is 47.2 Å². The number of benzene rings is 1. The first kappa shape index (κ1) is 9.64. The number of ketones is 1. The average Bonchev–Trinajstić information content (AvgIpc) is 2.90. The first-order valence-corrected chi connectivity index (χ1v) is 5.92. The quantitative estimate of drug-likeness (QED) is 0.668. The van der Waals surface area contributed by atoms with Crippen LogP contribution in [0.3, 0.4) is 0 Å². The van der Waals surface area contributed by atoms with Crippen molar-refractivity contribution in [2.75, 3.05) is 13.1 Å². The van der Waals surface area contributed by atoms with E-state index >= 15 is 0 Å². The van der Waals surface area contributed by atoms with Crippen LogP contribution in [-0.4, -0.2) is 23.8 Å². The van der Waals surface area contributed by atoms with Crippen LogP contribution in [0.1, 0.15) is 28.8 Å². The number of nitrogens with zero attached hydrogens (tertiary/aromatic N) is 1. The normalized spacial score (nSPS) is 21.9. The van der Waals surface area contributed by atoms with Crippen molar-refractivity contribution in [2.45, 2.75) is 19.3 Å². The van der Waals surface area contributed by atoms with Gasteiger partial charge in [-0.1, -0.05) is 24.3 Å². The van der Waals surface area contributed by atoms with E-state index in [4.69, 9.17) is 0 Å². The fourth-order valence-electron chi connectivity index (χ4n) is 2.55. The lowest BCUT2D eigenvalue weighted by atomic mass is 10.1. The second-order valence-electron chi connectivity index (χ2n) is 4.56. The van der Waals surface area contributed by atoms with Gasteiger partial charge in [0.05, 0.1) is 0 Å². The molecule has 1 aromatic rings. The Balaban J connectivity index is 1.89. The number of rotatable bonds is 1. The molecule has 0 saturated carbocycles. The average molecular weight is 213 g/mol. The summed E-state index contributed by atoms with van der Waals surface area (Å²) in [7, 11) is 0. The van der Waals surface area contributed by atoms with Crippen LogP contribution in [0, 0.1) is 0 Å². The molecule has 0 aromatic heterocycles. The van der Waals surface area contributed by atoms with Crippen LogP contribution in [0.25, 0.3) is 0 Å². The van der Waals surface area contributed by atoms with Gasteiger partial charge >= 0.3 is 0 Å². The smallest absolute Gasteiger partial charge is 0.191 e. The molecule has 0 spiro atoms. The molecule has 2 aliphatic rings. The molecular weight excluding hydrogens is 198 g/mol. The van der Waals surface area contributed by atoms with Gasteiger partial charge in [0.2, 0.25) is 0 Å². The molecule has 0 radical (unpaired) electrons. The lowest BCUT2D eigenvalue weighted by Gasteiger charge is -2.11. The second kappa shape index (κ2) is 3.78. The summed E-state index contributed by atoms with van der Waals surface area (Å²) in [6, 6.07) is 7.93. The summed E-state index contributed by atoms with van der Waals surface area (Å²) in [5.74, 6) is 0.225. The fraction of sp³-hybridized carbons (Fsp3) is 0.357. The molecular formula is C14H15NO. The monoisotopic (exact) mass is 213 g/mol. The van der Waals surface area contributed by atoms with E-state index in [1.165, 1.54) is 18.4 Å². The molecule has 1 aliphatic carbocycles. The minimum absolute atomic E-state index is 0.225. The molecule has 0 unspecified atom stereocenters. The number of carbonyl (C=O) groups is 1. The van der Waals surface area contributed by atoms with Crippen LogP contribution in [0.5, 0.6) is 0 Å². The highest BCUT2D eigenvalue weighted by Crippen LogP contribution is 2.26. The first-order chi connectivity index (χ1) is 7.84. The van der Waals surface area contributed by atoms with E-state index in [0.29, 0.717) is 0 Å². The molecule has 1 aromatic carbocycles. The zero-order valence-electron chi connectivity index (χ0n) is 9.28. The van der Waals surface area contributed by atoms with Gasteiger partial charge in [-0.15, -0.1) is 0 Å². The largest absolute Gasteiger partial charge is 0.377 e. The van der Waals surface area contributed by atoms with Gasteiger partial charge in [-0.05, 0) is 18.4 Å². The van der Waals surface area contributed by atoms with E-state index in [9.17, 15) is 4.79 Å². The Morgan fingerprint density at radius 2 is 1.88 bits per heavy atom. The Morgan fingerprint density at radius 3 is 2.62 bits per heavy atom. The highest BCUT2D eigenvalue weighted by atomic mass is 16.1. The van der Waals surface area contributed by atoms with Crippen molar-refractivity contribution < 1.29 is 4.79 Å². The Hall–Kier alpha value is -1.57. The zero-order valence-corrected chi connectivity index (χ0v) is 9.28. The van der Waals surface area contributed by atoms with E-state index < -0.39 is 0 Å². The lowest BCUT2D eigenvalue weighted by Crippen LogP contribution is -2.13. The molecule has 0 atom stereocenters. The molecule has 82 valence electrons. The third-order valence-corrected chi connectivity index (χ3v) is 3.41. The van der Waals surface area contributed by atoms with Crippen molar-refractivity contribution in [1.29, 1.82) is 0 Å². The number of hydrogen-bond donors (Lipinski definition) is 0. The van der Waals surface area contributed by atoms with E-state index in [-0.39, 0.29) is 5.78 Å². The molecule has 0 N–H and O–H groups in total. The van der Waals surface area contributed by atoms with Crippen molar-refractivity contribution in [1.82, 2.24) is 4.90 Å². The SMILES string of the molecule is O=C1C(=CN2CCCC2)Cc2ccccc21. The maximum absolute atomic E-state index is 12.1. The molecule has 1 saturated heterocycles. The van der Waals surface area contributed by atoms with Gasteiger partial charge in [-0.3, -0.25) is 4.79 Å². The Labute approximate surface area is 95.6 Å². The minimum Gasteiger partial charge on any atom is -0.377 e. The molecule has 2 heteroatoms. The highest BCUT2D eigenvalue weighted by molar-refractivity contribution is 6.13. The summed E-state index contributed by atoms with van der Waals surface area (Å²) in [5.41, 5.74) is 3.04. The van der Waals surface area contributed by atoms with E-state index in [2.05, 4.69) is 17.2 Å². The van der Waals surface area contributed by atoms with Gasteiger partial charge < -0.3 is 4.90 Å². The van der Waals surface area contributed by atoms with Crippen LogP contribution < -0.4 is 0 Å². The van der Waals surface area contributed by atoms with Crippen molar-refractivity contribution in [3.8, 4) is 0 Å². The van der Waals surface area contributed by atoms with Gasteiger partial charge in [0.1, 0.15) is 0 Å². The van der Waals surface area contributed by atoms with Crippen molar-refractivity contribution in [2.24, 2.45) is 0 Å². The van der Waals surface area contributed by atoms with Crippen LogP contribution in [0.15, 0.2) is 36.0 Å². The lowest BCUT2D eigenvalue weighted by molar-refractivity contribution is 0.103. The first-order valence-electron chi connectivity index (χ1n) is 5.92. The summed E-state index contributed by atoms with van der Waals surface area (Å²) in [6.45, 7) is 2.21. The number of hydrogen-bond acceptors (Lipinski definition) is 2. The van der Waals surface area contributed by atoms with Gasteiger partial charge in [0, 0.05) is 36.8 Å². The van der Waals surface area contributed by atoms with Gasteiger partial charge in [0.15, 0.2) is 5.78 Å². The van der Waals surface area contributed by atoms with Gasteiger partial charge in [0.25, 0.3) is 0 Å². The van der Waals surface area contributed by atoms with Gasteiger partial charge in [-0.2, -0.15) is 0 Å². The van der Waals surface area contributed by atoms with Gasteiger partial charge in [-0.25, -0.2) is 0 Å². The second-order valence-corrected chi connectivity index (χ2v) is 4.56. The maximum Gasteiger partial charge on any atom is 0.191 e. The molecule has 16 heavy (non-hydrogen) atoms. The standard InChI is InChI=1S/C14H15NO/c16-14-12(10-15-7-3-4-8-15)9-11-5-1-2-6-13(11)14/h1-2,5-6,10H,3-4,7-9H2. The molecule has 0 amide bonds. The topological polar surface area (TPSA) is 20.3 Å². The number of likely N-dealkylation sites (tertiary alicyclic amines) is 1. The molecule has 0 bridgehead atoms. The predicted octanol–water partition coefficient (Wildman–Crippen LogP) is 2.41. The van der Waals surface area contributed by atoms with Crippen LogP contribution in [0.2, 0.25) is 0 Å². The third-order valence-electron chi connectivity index (χ3n) is 3.41. The fourth-order valence-corrected chi connectivity index (χ4v) is 2.55. The molecule has 1 fully saturated rings. The van der Waals surface area contributed by atoms with Crippen LogP contribution >= 0.6 is 0 Å². The predicted molar refractivity (Wildman–Crippen MR) is 63.4 cm³/mol. The minimum atomic E-state index is 0.225. The number of allylic oxidation sites excluding steroid dienone is 1. The summed E-state index contributed by atoms with van der Waals surface area (Å²) >= 11 is 0. The summed E-state index contributed by atoms with van der Waals surface area (Å²) in [4.78, 5) is 14.4. The third kappa shape index (κ3) is 1.54. The number of Topliss-reactive ketones (excluding diaryl/α,β-unsaturated/α-hetero) is 1. The highest BCUT2D eigenvalue weighted by Gasteiger charge is 2.25. The Morgan fingerprint density at radius 1 is 1.12 bits per heavy atom. The van der Waals surface area contributed by atoms with Crippen molar-refractivity contribution in [3.63, 3.8) is 0 Å². The summed E-state index contributed by atoms with van der Waals surface area (Å²) in [6.07, 6.45) is 5.40. The summed E-state index contributed by atoms with van der Waals surface area (Å²) in [5, 5.41) is 0. The molecule has 3 rings (SSSR count). The molecule has 2 nitrogen and oxygen atoms in total. The van der Waals surface area contributed by atoms with E-state index in [1.54, 1.807) is 0 Å². The van der Waals surface area contributed by atoms with Crippen LogP contribution in [-0.2, 0) is 6.42 Å². The summed E-state index contributed by atoms with van der Waals surface area (Å²) < 4.78 is 0. The Bertz CT molecular complexity index is 456. The van der Waals surface area contributed by atoms with E-state index in [0.717, 1.165) is 30.6 Å². The zero-order chi connectivity index (χ0) is 11.0. The molecule has 1 aliphatic heterocycles. The van der Waals surface area contributed by atoms with Crippen molar-refractivity contribution >= 4 is 5.78 Å². The molecule has 1 heterocycles. The number of carbonyl (C=O) groups excluding carboxylic acids is 1.